The summed E-state index contributed by atoms with van der Waals surface area (Å²) in [7, 11) is 0. The van der Waals surface area contributed by atoms with Gasteiger partial charge in [0.15, 0.2) is 0 Å². The van der Waals surface area contributed by atoms with Crippen LogP contribution in [0.15, 0.2) is 47.4 Å². The zero-order chi connectivity index (χ0) is 21.0. The van der Waals surface area contributed by atoms with Crippen LogP contribution in [0.25, 0.3) is 5.57 Å². The van der Waals surface area contributed by atoms with Crippen LogP contribution in [0.5, 0.6) is 5.75 Å². The highest BCUT2D eigenvalue weighted by Gasteiger charge is 2.40. The molecule has 0 radical (unpaired) electrons. The molecule has 0 aromatic heterocycles. The number of aryl methyl sites for hydroxylation is 2. The van der Waals surface area contributed by atoms with Gasteiger partial charge < -0.3 is 9.84 Å². The van der Waals surface area contributed by atoms with E-state index >= 15 is 0 Å². The lowest BCUT2D eigenvalue weighted by molar-refractivity contribution is -0.119. The molecular weight excluding hydrogens is 386 g/mol. The minimum atomic E-state index is -0.346. The number of aliphatic hydroxyl groups excluding tert-OH is 1. The van der Waals surface area contributed by atoms with Crippen LogP contribution in [-0.4, -0.2) is 35.9 Å². The summed E-state index contributed by atoms with van der Waals surface area (Å²) in [6.07, 6.45) is 0.909. The molecule has 3 rings (SSSR count). The molecule has 0 saturated heterocycles. The molecule has 1 heterocycles. The van der Waals surface area contributed by atoms with Crippen molar-refractivity contribution in [2.24, 2.45) is 0 Å². The second-order valence-corrected chi connectivity index (χ2v) is 7.99. The lowest BCUT2D eigenvalue weighted by atomic mass is 10.1. The fourth-order valence-corrected chi connectivity index (χ4v) is 4.12. The van der Waals surface area contributed by atoms with E-state index in [0.717, 1.165) is 23.3 Å². The van der Waals surface area contributed by atoms with Crippen molar-refractivity contribution < 1.29 is 19.4 Å². The summed E-state index contributed by atoms with van der Waals surface area (Å²) in [5, 5.41) is 9.24. The van der Waals surface area contributed by atoms with Crippen LogP contribution in [0.1, 0.15) is 30.0 Å². The van der Waals surface area contributed by atoms with E-state index in [4.69, 9.17) is 4.74 Å². The number of rotatable bonds is 8. The molecule has 0 unspecified atom stereocenters. The molecule has 0 bridgehead atoms. The molecule has 1 aliphatic rings. The third kappa shape index (κ3) is 4.38. The summed E-state index contributed by atoms with van der Waals surface area (Å²) in [5.74, 6) is 0.381. The quantitative estimate of drug-likeness (QED) is 0.663. The van der Waals surface area contributed by atoms with Crippen molar-refractivity contribution in [1.29, 1.82) is 0 Å². The smallest absolute Gasteiger partial charge is 0.272 e. The van der Waals surface area contributed by atoms with Crippen LogP contribution in [0.4, 0.5) is 5.69 Å². The van der Waals surface area contributed by atoms with E-state index in [0.29, 0.717) is 34.1 Å². The van der Waals surface area contributed by atoms with Crippen LogP contribution in [0, 0.1) is 13.8 Å². The highest BCUT2D eigenvalue weighted by Crippen LogP contribution is 2.39. The molecule has 0 fully saturated rings. The van der Waals surface area contributed by atoms with Crippen molar-refractivity contribution in [3.8, 4) is 5.75 Å². The van der Waals surface area contributed by atoms with Gasteiger partial charge in [-0.2, -0.15) is 0 Å². The zero-order valence-electron chi connectivity index (χ0n) is 16.9. The number of carbonyl (C=O) groups excluding carboxylic acids is 2. The number of carbonyl (C=O) groups is 2. The molecule has 29 heavy (non-hydrogen) atoms. The summed E-state index contributed by atoms with van der Waals surface area (Å²) >= 11 is 1.21. The molecule has 0 aliphatic carbocycles. The Hall–Kier alpha value is -2.57. The standard InChI is InChI=1S/C23H25NO4S/c1-4-12-28-18-8-6-17(7-9-18)20-21(29-13-11-25)23(27)24(22(20)26)19-10-5-15(2)14-16(19)3/h5-10,14,25H,4,11-13H2,1-3H3. The van der Waals surface area contributed by atoms with Crippen LogP contribution in [0.2, 0.25) is 0 Å². The Kier molecular flexibility index (Phi) is 6.77. The minimum Gasteiger partial charge on any atom is -0.494 e. The van der Waals surface area contributed by atoms with E-state index in [1.165, 1.54) is 16.7 Å². The Morgan fingerprint density at radius 3 is 2.38 bits per heavy atom. The van der Waals surface area contributed by atoms with Gasteiger partial charge in [0.1, 0.15) is 5.75 Å². The van der Waals surface area contributed by atoms with Crippen molar-refractivity contribution in [2.45, 2.75) is 27.2 Å². The second-order valence-electron chi connectivity index (χ2n) is 6.88. The normalized spacial score (nSPS) is 14.1. The summed E-state index contributed by atoms with van der Waals surface area (Å²) in [6.45, 7) is 6.45. The zero-order valence-corrected chi connectivity index (χ0v) is 17.7. The molecule has 1 N–H and O–H groups in total. The average Bonchev–Trinajstić information content (AvgIpc) is 2.95. The van der Waals surface area contributed by atoms with Gasteiger partial charge >= 0.3 is 0 Å². The number of aliphatic hydroxyl groups is 1. The van der Waals surface area contributed by atoms with Crippen LogP contribution < -0.4 is 9.64 Å². The van der Waals surface area contributed by atoms with Gasteiger partial charge in [0, 0.05) is 5.75 Å². The van der Waals surface area contributed by atoms with E-state index in [1.807, 2.05) is 45.0 Å². The molecule has 5 nitrogen and oxygen atoms in total. The van der Waals surface area contributed by atoms with E-state index in [-0.39, 0.29) is 18.4 Å². The van der Waals surface area contributed by atoms with E-state index < -0.39 is 0 Å². The van der Waals surface area contributed by atoms with Crippen molar-refractivity contribution in [3.63, 3.8) is 0 Å². The van der Waals surface area contributed by atoms with E-state index in [1.54, 1.807) is 18.2 Å². The van der Waals surface area contributed by atoms with Gasteiger partial charge in [-0.3, -0.25) is 9.59 Å². The summed E-state index contributed by atoms with van der Waals surface area (Å²) in [6, 6.07) is 12.9. The van der Waals surface area contributed by atoms with Gasteiger partial charge in [0.05, 0.1) is 29.4 Å². The first-order chi connectivity index (χ1) is 14.0. The Morgan fingerprint density at radius 1 is 1.03 bits per heavy atom. The molecule has 2 amide bonds. The first kappa shape index (κ1) is 21.1. The topological polar surface area (TPSA) is 66.8 Å². The predicted molar refractivity (Wildman–Crippen MR) is 117 cm³/mol. The monoisotopic (exact) mass is 411 g/mol. The average molecular weight is 412 g/mol. The number of ether oxygens (including phenoxy) is 1. The Morgan fingerprint density at radius 2 is 1.76 bits per heavy atom. The van der Waals surface area contributed by atoms with Crippen molar-refractivity contribution >= 4 is 34.8 Å². The predicted octanol–water partition coefficient (Wildman–Crippen LogP) is 4.10. The minimum absolute atomic E-state index is 0.0731. The first-order valence-corrected chi connectivity index (χ1v) is 10.6. The maximum absolute atomic E-state index is 13.3. The van der Waals surface area contributed by atoms with Gasteiger partial charge in [0.25, 0.3) is 11.8 Å². The Balaban J connectivity index is 2.00. The van der Waals surface area contributed by atoms with Crippen molar-refractivity contribution in [3.05, 3.63) is 64.1 Å². The Bertz CT molecular complexity index is 950. The molecule has 1 aliphatic heterocycles. The molecule has 0 spiro atoms. The lowest BCUT2D eigenvalue weighted by Gasteiger charge is -2.18. The summed E-state index contributed by atoms with van der Waals surface area (Å²) in [5.41, 5.74) is 3.56. The van der Waals surface area contributed by atoms with E-state index in [9.17, 15) is 14.7 Å². The second kappa shape index (κ2) is 9.29. The van der Waals surface area contributed by atoms with Gasteiger partial charge in [-0.05, 0) is 49.6 Å². The number of benzene rings is 2. The number of thioether (sulfide) groups is 1. The van der Waals surface area contributed by atoms with Gasteiger partial charge in [0.2, 0.25) is 0 Å². The fraction of sp³-hybridized carbons (Fsp3) is 0.304. The molecule has 2 aromatic rings. The van der Waals surface area contributed by atoms with Crippen molar-refractivity contribution in [1.82, 2.24) is 0 Å². The van der Waals surface area contributed by atoms with Crippen LogP contribution in [-0.2, 0) is 9.59 Å². The molecule has 6 heteroatoms. The van der Waals surface area contributed by atoms with Gasteiger partial charge in [-0.1, -0.05) is 36.8 Å². The number of hydrogen-bond donors (Lipinski definition) is 1. The first-order valence-electron chi connectivity index (χ1n) is 9.65. The van der Waals surface area contributed by atoms with Gasteiger partial charge in [-0.25, -0.2) is 4.90 Å². The summed E-state index contributed by atoms with van der Waals surface area (Å²) < 4.78 is 5.61. The molecule has 2 aromatic carbocycles. The number of imide groups is 1. The van der Waals surface area contributed by atoms with Crippen LogP contribution >= 0.6 is 11.8 Å². The SMILES string of the molecule is CCCOc1ccc(C2=C(SCCO)C(=O)N(c3ccc(C)cc3C)C2=O)cc1. The van der Waals surface area contributed by atoms with Crippen molar-refractivity contribution in [2.75, 3.05) is 23.9 Å². The molecule has 0 saturated carbocycles. The Labute approximate surface area is 175 Å². The third-order valence-corrected chi connectivity index (χ3v) is 5.64. The molecule has 152 valence electrons. The molecule has 0 atom stereocenters. The highest BCUT2D eigenvalue weighted by molar-refractivity contribution is 8.04. The number of anilines is 1. The maximum Gasteiger partial charge on any atom is 0.272 e. The maximum atomic E-state index is 13.3. The number of nitrogens with zero attached hydrogens (tertiary/aromatic N) is 1. The number of hydrogen-bond acceptors (Lipinski definition) is 5. The van der Waals surface area contributed by atoms with Gasteiger partial charge in [-0.15, -0.1) is 11.8 Å². The summed E-state index contributed by atoms with van der Waals surface area (Å²) in [4.78, 5) is 28.1. The third-order valence-electron chi connectivity index (χ3n) is 4.59. The fourth-order valence-electron chi connectivity index (χ4n) is 3.26. The molecular formula is C23H25NO4S. The lowest BCUT2D eigenvalue weighted by Crippen LogP contribution is -2.32. The van der Waals surface area contributed by atoms with Crippen LogP contribution in [0.3, 0.4) is 0 Å². The highest BCUT2D eigenvalue weighted by atomic mass is 32.2. The number of amides is 2. The van der Waals surface area contributed by atoms with E-state index in [2.05, 4.69) is 0 Å². The largest absolute Gasteiger partial charge is 0.494 e.